The molecule has 1 fully saturated rings. The Bertz CT molecular complexity index is 773. The summed E-state index contributed by atoms with van der Waals surface area (Å²) in [6, 6.07) is 12.4. The van der Waals surface area contributed by atoms with Crippen molar-refractivity contribution in [2.75, 3.05) is 26.2 Å². The number of thiophene rings is 1. The number of amides is 2. The van der Waals surface area contributed by atoms with Crippen LogP contribution in [0.3, 0.4) is 0 Å². The highest BCUT2D eigenvalue weighted by Crippen LogP contribution is 2.28. The lowest BCUT2D eigenvalue weighted by Gasteiger charge is -2.41. The summed E-state index contributed by atoms with van der Waals surface area (Å²) in [6.45, 7) is 5.45. The van der Waals surface area contributed by atoms with Gasteiger partial charge in [-0.2, -0.15) is 0 Å². The summed E-state index contributed by atoms with van der Waals surface area (Å²) in [6.07, 6.45) is 0.873. The SMILES string of the molecule is CCNC(=O)[C@@]1(Cc2ccc(-c3cccs3)cc2)CN(C(=O)CC)CCO1. The van der Waals surface area contributed by atoms with Gasteiger partial charge in [0.15, 0.2) is 5.60 Å². The van der Waals surface area contributed by atoms with E-state index in [-0.39, 0.29) is 18.4 Å². The van der Waals surface area contributed by atoms with Gasteiger partial charge in [0.1, 0.15) is 0 Å². The van der Waals surface area contributed by atoms with Crippen LogP contribution in [0.15, 0.2) is 41.8 Å². The number of nitrogens with zero attached hydrogens (tertiary/aromatic N) is 1. The predicted molar refractivity (Wildman–Crippen MR) is 108 cm³/mol. The van der Waals surface area contributed by atoms with Gasteiger partial charge in [0.05, 0.1) is 13.2 Å². The van der Waals surface area contributed by atoms with E-state index in [1.54, 1.807) is 16.2 Å². The first kappa shape index (κ1) is 19.6. The van der Waals surface area contributed by atoms with Crippen LogP contribution in [0.2, 0.25) is 0 Å². The fraction of sp³-hybridized carbons (Fsp3) is 0.429. The minimum Gasteiger partial charge on any atom is -0.361 e. The number of carbonyl (C=O) groups is 2. The third-order valence-corrected chi connectivity index (χ3v) is 5.76. The van der Waals surface area contributed by atoms with E-state index in [1.807, 2.05) is 32.0 Å². The zero-order chi connectivity index (χ0) is 19.3. The smallest absolute Gasteiger partial charge is 0.254 e. The highest BCUT2D eigenvalue weighted by molar-refractivity contribution is 7.13. The van der Waals surface area contributed by atoms with Gasteiger partial charge in [-0.3, -0.25) is 9.59 Å². The van der Waals surface area contributed by atoms with E-state index in [1.165, 1.54) is 4.88 Å². The van der Waals surface area contributed by atoms with E-state index in [4.69, 9.17) is 4.74 Å². The summed E-state index contributed by atoms with van der Waals surface area (Å²) >= 11 is 1.70. The average molecular weight is 387 g/mol. The van der Waals surface area contributed by atoms with Crippen LogP contribution in [0.1, 0.15) is 25.8 Å². The molecule has 1 atom stereocenters. The van der Waals surface area contributed by atoms with E-state index in [0.717, 1.165) is 11.1 Å². The molecule has 1 aromatic carbocycles. The number of hydrogen-bond donors (Lipinski definition) is 1. The topological polar surface area (TPSA) is 58.6 Å². The fourth-order valence-corrected chi connectivity index (χ4v) is 4.16. The van der Waals surface area contributed by atoms with E-state index >= 15 is 0 Å². The zero-order valence-corrected chi connectivity index (χ0v) is 16.7. The van der Waals surface area contributed by atoms with Crippen molar-refractivity contribution in [3.05, 3.63) is 47.3 Å². The largest absolute Gasteiger partial charge is 0.361 e. The van der Waals surface area contributed by atoms with Crippen LogP contribution in [0, 0.1) is 0 Å². The highest BCUT2D eigenvalue weighted by atomic mass is 32.1. The van der Waals surface area contributed by atoms with Crippen molar-refractivity contribution in [3.8, 4) is 10.4 Å². The molecule has 0 spiro atoms. The third kappa shape index (κ3) is 4.39. The lowest BCUT2D eigenvalue weighted by molar-refractivity contribution is -0.165. The molecule has 2 heterocycles. The van der Waals surface area contributed by atoms with Crippen LogP contribution in [-0.2, 0) is 20.7 Å². The quantitative estimate of drug-likeness (QED) is 0.830. The molecule has 0 aliphatic carbocycles. The van der Waals surface area contributed by atoms with E-state index in [9.17, 15) is 9.59 Å². The first-order chi connectivity index (χ1) is 13.1. The summed E-state index contributed by atoms with van der Waals surface area (Å²) in [7, 11) is 0. The summed E-state index contributed by atoms with van der Waals surface area (Å²) in [5.74, 6) is -0.0963. The Kier molecular flexibility index (Phi) is 6.29. The molecular weight excluding hydrogens is 360 g/mol. The lowest BCUT2D eigenvalue weighted by Crippen LogP contribution is -2.62. The first-order valence-corrected chi connectivity index (χ1v) is 10.3. The lowest BCUT2D eigenvalue weighted by atomic mass is 9.90. The number of benzene rings is 1. The van der Waals surface area contributed by atoms with Gasteiger partial charge in [-0.15, -0.1) is 11.3 Å². The second-order valence-corrected chi connectivity index (χ2v) is 7.67. The molecule has 5 nitrogen and oxygen atoms in total. The Labute approximate surface area is 164 Å². The van der Waals surface area contributed by atoms with Gasteiger partial charge < -0.3 is 15.0 Å². The molecular formula is C21H26N2O3S. The number of morpholine rings is 1. The van der Waals surface area contributed by atoms with Gasteiger partial charge in [0.2, 0.25) is 5.91 Å². The van der Waals surface area contributed by atoms with Crippen molar-refractivity contribution in [2.45, 2.75) is 32.3 Å². The van der Waals surface area contributed by atoms with E-state index < -0.39 is 5.60 Å². The molecule has 0 saturated carbocycles. The van der Waals surface area contributed by atoms with Gasteiger partial charge in [0.25, 0.3) is 5.91 Å². The Hall–Kier alpha value is -2.18. The van der Waals surface area contributed by atoms with Crippen molar-refractivity contribution in [3.63, 3.8) is 0 Å². The monoisotopic (exact) mass is 386 g/mol. The summed E-state index contributed by atoms with van der Waals surface area (Å²) < 4.78 is 6.01. The second kappa shape index (κ2) is 8.67. The number of carbonyl (C=O) groups excluding carboxylic acids is 2. The molecule has 2 aromatic rings. The molecule has 1 saturated heterocycles. The zero-order valence-electron chi connectivity index (χ0n) is 15.9. The number of nitrogens with one attached hydrogen (secondary N) is 1. The maximum absolute atomic E-state index is 12.9. The predicted octanol–water partition coefficient (Wildman–Crippen LogP) is 3.10. The minimum atomic E-state index is -1.04. The Balaban J connectivity index is 1.83. The average Bonchev–Trinajstić information content (AvgIpc) is 3.23. The van der Waals surface area contributed by atoms with Gasteiger partial charge in [0, 0.05) is 30.8 Å². The van der Waals surface area contributed by atoms with E-state index in [2.05, 4.69) is 28.9 Å². The van der Waals surface area contributed by atoms with Crippen molar-refractivity contribution < 1.29 is 14.3 Å². The number of likely N-dealkylation sites (N-methyl/N-ethyl adjacent to an activating group) is 1. The molecule has 3 rings (SSSR count). The Morgan fingerprint density at radius 3 is 2.63 bits per heavy atom. The fourth-order valence-electron chi connectivity index (χ4n) is 3.43. The van der Waals surface area contributed by atoms with Crippen LogP contribution in [-0.4, -0.2) is 48.6 Å². The van der Waals surface area contributed by atoms with Gasteiger partial charge >= 0.3 is 0 Å². The molecule has 27 heavy (non-hydrogen) atoms. The van der Waals surface area contributed by atoms with Crippen LogP contribution in [0.4, 0.5) is 0 Å². The van der Waals surface area contributed by atoms with E-state index in [0.29, 0.717) is 32.5 Å². The van der Waals surface area contributed by atoms with Crippen LogP contribution in [0.5, 0.6) is 0 Å². The summed E-state index contributed by atoms with van der Waals surface area (Å²) in [4.78, 5) is 28.0. The van der Waals surface area contributed by atoms with Crippen molar-refractivity contribution in [1.29, 1.82) is 0 Å². The van der Waals surface area contributed by atoms with Crippen molar-refractivity contribution in [2.24, 2.45) is 0 Å². The number of rotatable bonds is 6. The molecule has 0 unspecified atom stereocenters. The molecule has 1 aliphatic rings. The molecule has 0 radical (unpaired) electrons. The van der Waals surface area contributed by atoms with Crippen LogP contribution in [0.25, 0.3) is 10.4 Å². The van der Waals surface area contributed by atoms with Crippen molar-refractivity contribution >= 4 is 23.2 Å². The molecule has 0 bridgehead atoms. The minimum absolute atomic E-state index is 0.0556. The number of ether oxygens (including phenoxy) is 1. The van der Waals surface area contributed by atoms with Gasteiger partial charge in [-0.05, 0) is 29.5 Å². The number of hydrogen-bond acceptors (Lipinski definition) is 4. The van der Waals surface area contributed by atoms with Gasteiger partial charge in [-0.1, -0.05) is 37.3 Å². The molecule has 2 amide bonds. The summed E-state index contributed by atoms with van der Waals surface area (Å²) in [5.41, 5.74) is 1.14. The molecule has 1 aromatic heterocycles. The first-order valence-electron chi connectivity index (χ1n) is 9.41. The summed E-state index contributed by atoms with van der Waals surface area (Å²) in [5, 5.41) is 4.95. The maximum atomic E-state index is 12.9. The Morgan fingerprint density at radius 2 is 2.00 bits per heavy atom. The molecule has 1 aliphatic heterocycles. The second-order valence-electron chi connectivity index (χ2n) is 6.72. The third-order valence-electron chi connectivity index (χ3n) is 4.84. The molecule has 1 N–H and O–H groups in total. The van der Waals surface area contributed by atoms with Crippen LogP contribution >= 0.6 is 11.3 Å². The molecule has 6 heteroatoms. The van der Waals surface area contributed by atoms with Gasteiger partial charge in [-0.25, -0.2) is 0 Å². The maximum Gasteiger partial charge on any atom is 0.254 e. The highest BCUT2D eigenvalue weighted by Gasteiger charge is 2.44. The standard InChI is InChI=1S/C21H26N2O3S/c1-3-19(24)23-11-12-26-21(15-23,20(25)22-4-2)14-16-7-9-17(10-8-16)18-6-5-13-27-18/h5-10,13H,3-4,11-12,14-15H2,1-2H3,(H,22,25)/t21-/m1/s1. The normalized spacial score (nSPS) is 19.7. The molecule has 144 valence electrons. The van der Waals surface area contributed by atoms with Crippen molar-refractivity contribution in [1.82, 2.24) is 10.2 Å². The Morgan fingerprint density at radius 1 is 1.22 bits per heavy atom. The van der Waals surface area contributed by atoms with Crippen LogP contribution < -0.4 is 5.32 Å².